The Kier molecular flexibility index (Phi) is 4.67. The number of aliphatic carboxylic acids is 1. The second-order valence-electron chi connectivity index (χ2n) is 4.92. The molecule has 110 valence electrons. The van der Waals surface area contributed by atoms with Gasteiger partial charge in [-0.3, -0.25) is 14.7 Å². The number of morpholine rings is 1. The molecular formula is C14H19FN2O3. The predicted molar refractivity (Wildman–Crippen MR) is 70.8 cm³/mol. The number of hydrogen-bond acceptors (Lipinski definition) is 4. The average Bonchev–Trinajstić information content (AvgIpc) is 2.46. The van der Waals surface area contributed by atoms with E-state index in [4.69, 9.17) is 4.74 Å². The minimum absolute atomic E-state index is 0.0534. The van der Waals surface area contributed by atoms with E-state index in [2.05, 4.69) is 9.88 Å². The average molecular weight is 282 g/mol. The molecule has 20 heavy (non-hydrogen) atoms. The van der Waals surface area contributed by atoms with Crippen molar-refractivity contribution in [3.63, 3.8) is 0 Å². The van der Waals surface area contributed by atoms with Crippen molar-refractivity contribution < 1.29 is 19.0 Å². The second kappa shape index (κ2) is 6.28. The molecule has 1 atom stereocenters. The minimum atomic E-state index is -0.885. The molecule has 1 N–H and O–H groups in total. The molecule has 1 unspecified atom stereocenters. The van der Waals surface area contributed by atoms with E-state index in [0.29, 0.717) is 38.4 Å². The number of carboxylic acids is 1. The maximum absolute atomic E-state index is 13.1. The topological polar surface area (TPSA) is 62.7 Å². The number of rotatable bonds is 5. The lowest BCUT2D eigenvalue weighted by atomic mass is 9.85. The third-order valence-corrected chi connectivity index (χ3v) is 3.85. The van der Waals surface area contributed by atoms with Crippen LogP contribution in [-0.2, 0) is 15.1 Å². The van der Waals surface area contributed by atoms with Gasteiger partial charge in [-0.25, -0.2) is 4.39 Å². The van der Waals surface area contributed by atoms with Crippen molar-refractivity contribution in [2.75, 3.05) is 26.3 Å². The highest BCUT2D eigenvalue weighted by Gasteiger charge is 2.41. The van der Waals surface area contributed by atoms with E-state index in [1.54, 1.807) is 6.07 Å². The molecule has 1 fully saturated rings. The molecule has 6 heteroatoms. The summed E-state index contributed by atoms with van der Waals surface area (Å²) in [6.07, 6.45) is 1.68. The SMILES string of the molecule is CCC(CC(=O)O)(c1ccc(F)cn1)N1CCOCC1. The van der Waals surface area contributed by atoms with Gasteiger partial charge in [-0.1, -0.05) is 6.92 Å². The van der Waals surface area contributed by atoms with Gasteiger partial charge in [0.25, 0.3) is 0 Å². The van der Waals surface area contributed by atoms with Crippen molar-refractivity contribution >= 4 is 5.97 Å². The predicted octanol–water partition coefficient (Wildman–Crippen LogP) is 1.63. The Morgan fingerprint density at radius 3 is 2.70 bits per heavy atom. The van der Waals surface area contributed by atoms with Gasteiger partial charge in [0.1, 0.15) is 5.82 Å². The van der Waals surface area contributed by atoms with Gasteiger partial charge in [0.2, 0.25) is 0 Å². The fraction of sp³-hybridized carbons (Fsp3) is 0.571. The van der Waals surface area contributed by atoms with Crippen LogP contribution in [0, 0.1) is 5.82 Å². The molecule has 2 rings (SSSR count). The number of aromatic nitrogens is 1. The summed E-state index contributed by atoms with van der Waals surface area (Å²) >= 11 is 0. The number of nitrogens with zero attached hydrogens (tertiary/aromatic N) is 2. The van der Waals surface area contributed by atoms with Crippen molar-refractivity contribution in [2.24, 2.45) is 0 Å². The van der Waals surface area contributed by atoms with Crippen LogP contribution in [0.2, 0.25) is 0 Å². The smallest absolute Gasteiger partial charge is 0.305 e. The Morgan fingerprint density at radius 2 is 2.20 bits per heavy atom. The van der Waals surface area contributed by atoms with E-state index in [-0.39, 0.29) is 6.42 Å². The fourth-order valence-corrected chi connectivity index (χ4v) is 2.79. The van der Waals surface area contributed by atoms with Gasteiger partial charge in [-0.2, -0.15) is 0 Å². The molecule has 0 saturated carbocycles. The molecule has 1 aliphatic heterocycles. The van der Waals surface area contributed by atoms with E-state index in [1.165, 1.54) is 6.07 Å². The lowest BCUT2D eigenvalue weighted by Gasteiger charge is -2.44. The number of halogens is 1. The van der Waals surface area contributed by atoms with Gasteiger partial charge < -0.3 is 9.84 Å². The summed E-state index contributed by atoms with van der Waals surface area (Å²) < 4.78 is 18.4. The van der Waals surface area contributed by atoms with Crippen LogP contribution in [0.5, 0.6) is 0 Å². The maximum Gasteiger partial charge on any atom is 0.305 e. The third kappa shape index (κ3) is 2.96. The van der Waals surface area contributed by atoms with Crippen LogP contribution in [0.4, 0.5) is 4.39 Å². The quantitative estimate of drug-likeness (QED) is 0.889. The molecule has 0 amide bonds. The summed E-state index contributed by atoms with van der Waals surface area (Å²) in [5, 5.41) is 9.27. The lowest BCUT2D eigenvalue weighted by Crippen LogP contribution is -2.52. The van der Waals surface area contributed by atoms with Gasteiger partial charge in [0.05, 0.1) is 37.1 Å². The first-order chi connectivity index (χ1) is 9.58. The Morgan fingerprint density at radius 1 is 1.50 bits per heavy atom. The van der Waals surface area contributed by atoms with E-state index in [0.717, 1.165) is 6.20 Å². The molecule has 0 radical (unpaired) electrons. The van der Waals surface area contributed by atoms with Crippen molar-refractivity contribution in [1.82, 2.24) is 9.88 Å². The first-order valence-electron chi connectivity index (χ1n) is 6.75. The molecule has 0 spiro atoms. The van der Waals surface area contributed by atoms with Gasteiger partial charge in [-0.15, -0.1) is 0 Å². The summed E-state index contributed by atoms with van der Waals surface area (Å²) in [4.78, 5) is 17.5. The van der Waals surface area contributed by atoms with Crippen LogP contribution in [0.3, 0.4) is 0 Å². The van der Waals surface area contributed by atoms with E-state index < -0.39 is 17.3 Å². The summed E-state index contributed by atoms with van der Waals surface area (Å²) in [5.74, 6) is -1.31. The first-order valence-corrected chi connectivity index (χ1v) is 6.75. The van der Waals surface area contributed by atoms with Crippen molar-refractivity contribution in [2.45, 2.75) is 25.3 Å². The first kappa shape index (κ1) is 14.9. The molecule has 2 heterocycles. The van der Waals surface area contributed by atoms with Crippen LogP contribution in [0.25, 0.3) is 0 Å². The van der Waals surface area contributed by atoms with Gasteiger partial charge in [0, 0.05) is 13.1 Å². The lowest BCUT2D eigenvalue weighted by molar-refractivity contribution is -0.142. The van der Waals surface area contributed by atoms with Crippen LogP contribution < -0.4 is 0 Å². The molecule has 0 bridgehead atoms. The van der Waals surface area contributed by atoms with Gasteiger partial charge in [-0.05, 0) is 18.6 Å². The third-order valence-electron chi connectivity index (χ3n) is 3.85. The summed E-state index contributed by atoms with van der Waals surface area (Å²) in [5.41, 5.74) is -0.103. The monoisotopic (exact) mass is 282 g/mol. The van der Waals surface area contributed by atoms with Gasteiger partial charge in [0.15, 0.2) is 0 Å². The Labute approximate surface area is 117 Å². The normalized spacial score (nSPS) is 19.5. The van der Waals surface area contributed by atoms with E-state index in [9.17, 15) is 14.3 Å². The standard InChI is InChI=1S/C14H19FN2O3/c1-2-14(9-13(18)19,17-5-7-20-8-6-17)12-4-3-11(15)10-16-12/h3-4,10H,2,5-9H2,1H3,(H,18,19). The molecule has 5 nitrogen and oxygen atoms in total. The van der Waals surface area contributed by atoms with Crippen LogP contribution in [0.15, 0.2) is 18.3 Å². The summed E-state index contributed by atoms with van der Waals surface area (Å²) in [6.45, 7) is 4.38. The largest absolute Gasteiger partial charge is 0.481 e. The number of ether oxygens (including phenoxy) is 1. The van der Waals surface area contributed by atoms with Crippen molar-refractivity contribution in [3.8, 4) is 0 Å². The molecule has 1 saturated heterocycles. The summed E-state index contributed by atoms with van der Waals surface area (Å²) in [6, 6.07) is 2.91. The second-order valence-corrected chi connectivity index (χ2v) is 4.92. The molecule has 1 aromatic rings. The fourth-order valence-electron chi connectivity index (χ4n) is 2.79. The molecule has 1 aliphatic rings. The van der Waals surface area contributed by atoms with Crippen molar-refractivity contribution in [3.05, 3.63) is 29.8 Å². The van der Waals surface area contributed by atoms with Crippen LogP contribution >= 0.6 is 0 Å². The minimum Gasteiger partial charge on any atom is -0.481 e. The highest BCUT2D eigenvalue weighted by atomic mass is 19.1. The molecule has 1 aromatic heterocycles. The number of carbonyl (C=O) groups is 1. The molecule has 0 aliphatic carbocycles. The van der Waals surface area contributed by atoms with Crippen LogP contribution in [0.1, 0.15) is 25.5 Å². The van der Waals surface area contributed by atoms with Crippen LogP contribution in [-0.4, -0.2) is 47.3 Å². The number of carboxylic acid groups (broad SMARTS) is 1. The number of pyridine rings is 1. The Balaban J connectivity index is 2.39. The number of hydrogen-bond donors (Lipinski definition) is 1. The highest BCUT2D eigenvalue weighted by molar-refractivity contribution is 5.68. The highest BCUT2D eigenvalue weighted by Crippen LogP contribution is 2.35. The zero-order valence-electron chi connectivity index (χ0n) is 11.5. The van der Waals surface area contributed by atoms with E-state index in [1.807, 2.05) is 6.92 Å². The Bertz CT molecular complexity index is 460. The zero-order chi connectivity index (χ0) is 14.6. The zero-order valence-corrected chi connectivity index (χ0v) is 11.5. The van der Waals surface area contributed by atoms with Crippen molar-refractivity contribution in [1.29, 1.82) is 0 Å². The Hall–Kier alpha value is -1.53. The van der Waals surface area contributed by atoms with E-state index >= 15 is 0 Å². The molecular weight excluding hydrogens is 263 g/mol. The maximum atomic E-state index is 13.1. The molecule has 0 aromatic carbocycles. The van der Waals surface area contributed by atoms with Gasteiger partial charge >= 0.3 is 5.97 Å². The summed E-state index contributed by atoms with van der Waals surface area (Å²) in [7, 11) is 0.